The zero-order valence-electron chi connectivity index (χ0n) is 10.5. The van der Waals surface area contributed by atoms with Gasteiger partial charge in [0.15, 0.2) is 0 Å². The molecular weight excluding hydrogens is 245 g/mol. The Morgan fingerprint density at radius 3 is 2.50 bits per heavy atom. The summed E-state index contributed by atoms with van der Waals surface area (Å²) in [6.07, 6.45) is -2.31. The van der Waals surface area contributed by atoms with E-state index in [-0.39, 0.29) is 12.8 Å². The molecule has 0 bridgehead atoms. The molecule has 1 heterocycles. The van der Waals surface area contributed by atoms with Gasteiger partial charge in [0.2, 0.25) is 0 Å². The van der Waals surface area contributed by atoms with Crippen molar-refractivity contribution in [1.29, 1.82) is 0 Å². The van der Waals surface area contributed by atoms with Crippen molar-refractivity contribution in [3.8, 4) is 0 Å². The lowest BCUT2D eigenvalue weighted by Gasteiger charge is -2.49. The van der Waals surface area contributed by atoms with Gasteiger partial charge < -0.3 is 10.5 Å². The van der Waals surface area contributed by atoms with Gasteiger partial charge in [-0.05, 0) is 19.3 Å². The second kappa shape index (κ2) is 5.35. The Kier molecular flexibility index (Phi) is 4.18. The fourth-order valence-electron chi connectivity index (χ4n) is 3.26. The first-order valence-electron chi connectivity index (χ1n) is 6.57. The van der Waals surface area contributed by atoms with E-state index in [0.717, 1.165) is 6.42 Å². The van der Waals surface area contributed by atoms with Crippen molar-refractivity contribution in [3.05, 3.63) is 0 Å². The lowest BCUT2D eigenvalue weighted by molar-refractivity contribution is -0.195. The van der Waals surface area contributed by atoms with Gasteiger partial charge in [0.1, 0.15) is 0 Å². The fourth-order valence-corrected chi connectivity index (χ4v) is 3.26. The lowest BCUT2D eigenvalue weighted by atomic mass is 9.74. The van der Waals surface area contributed by atoms with E-state index in [1.165, 1.54) is 0 Å². The van der Waals surface area contributed by atoms with E-state index < -0.39 is 17.6 Å². The van der Waals surface area contributed by atoms with Crippen molar-refractivity contribution >= 4 is 0 Å². The van der Waals surface area contributed by atoms with Crippen LogP contribution in [0, 0.1) is 5.92 Å². The fraction of sp³-hybridized carbons (Fsp3) is 1.00. The minimum absolute atomic E-state index is 0.146. The molecule has 2 atom stereocenters. The van der Waals surface area contributed by atoms with Gasteiger partial charge in [-0.25, -0.2) is 0 Å². The van der Waals surface area contributed by atoms with Gasteiger partial charge in [-0.3, -0.25) is 4.90 Å². The summed E-state index contributed by atoms with van der Waals surface area (Å²) >= 11 is 0. The zero-order valence-corrected chi connectivity index (χ0v) is 10.5. The smallest absolute Gasteiger partial charge is 0.379 e. The third-order valence-corrected chi connectivity index (χ3v) is 4.35. The molecule has 1 aliphatic carbocycles. The van der Waals surface area contributed by atoms with Crippen LogP contribution in [0.15, 0.2) is 0 Å². The third-order valence-electron chi connectivity index (χ3n) is 4.35. The molecule has 106 valence electrons. The Labute approximate surface area is 105 Å². The summed E-state index contributed by atoms with van der Waals surface area (Å²) in [6, 6.07) is 0. The number of rotatable bonds is 2. The van der Waals surface area contributed by atoms with E-state index in [0.29, 0.717) is 39.3 Å². The van der Waals surface area contributed by atoms with Crippen LogP contribution in [-0.2, 0) is 4.74 Å². The number of nitrogens with two attached hydrogens (primary N) is 1. The van der Waals surface area contributed by atoms with Crippen molar-refractivity contribution in [3.63, 3.8) is 0 Å². The van der Waals surface area contributed by atoms with Crippen LogP contribution in [-0.4, -0.2) is 49.5 Å². The van der Waals surface area contributed by atoms with E-state index in [1.54, 1.807) is 0 Å². The SMILES string of the molecule is NCC1(N2CCOCC2)CCCC(C(F)(F)F)C1. The van der Waals surface area contributed by atoms with Crippen LogP contribution in [0.1, 0.15) is 25.7 Å². The molecule has 1 saturated heterocycles. The molecule has 0 radical (unpaired) electrons. The summed E-state index contributed by atoms with van der Waals surface area (Å²) in [5, 5.41) is 0. The minimum Gasteiger partial charge on any atom is -0.379 e. The highest BCUT2D eigenvalue weighted by molar-refractivity contribution is 4.98. The van der Waals surface area contributed by atoms with Gasteiger partial charge in [0.05, 0.1) is 19.1 Å². The van der Waals surface area contributed by atoms with Crippen LogP contribution >= 0.6 is 0 Å². The van der Waals surface area contributed by atoms with Gasteiger partial charge in [0.25, 0.3) is 0 Å². The highest BCUT2D eigenvalue weighted by Crippen LogP contribution is 2.43. The summed E-state index contributed by atoms with van der Waals surface area (Å²) in [5.41, 5.74) is 5.35. The Morgan fingerprint density at radius 1 is 1.28 bits per heavy atom. The van der Waals surface area contributed by atoms with Crippen LogP contribution in [0.4, 0.5) is 13.2 Å². The molecule has 6 heteroatoms. The van der Waals surface area contributed by atoms with Crippen LogP contribution < -0.4 is 5.73 Å². The van der Waals surface area contributed by atoms with Crippen molar-refractivity contribution in [1.82, 2.24) is 4.90 Å². The highest BCUT2D eigenvalue weighted by atomic mass is 19.4. The Hall–Kier alpha value is -0.330. The maximum atomic E-state index is 12.9. The lowest BCUT2D eigenvalue weighted by Crippen LogP contribution is -2.60. The zero-order chi connectivity index (χ0) is 13.2. The monoisotopic (exact) mass is 266 g/mol. The van der Waals surface area contributed by atoms with Crippen molar-refractivity contribution < 1.29 is 17.9 Å². The minimum atomic E-state index is -4.09. The summed E-state index contributed by atoms with van der Waals surface area (Å²) in [5.74, 6) is -1.20. The molecule has 0 aromatic rings. The van der Waals surface area contributed by atoms with Crippen LogP contribution in [0.5, 0.6) is 0 Å². The van der Waals surface area contributed by atoms with Crippen LogP contribution in [0.25, 0.3) is 0 Å². The summed E-state index contributed by atoms with van der Waals surface area (Å²) < 4.78 is 44.0. The molecule has 0 aromatic carbocycles. The Balaban J connectivity index is 2.10. The quantitative estimate of drug-likeness (QED) is 0.828. The van der Waals surface area contributed by atoms with Gasteiger partial charge in [-0.2, -0.15) is 13.2 Å². The van der Waals surface area contributed by atoms with Crippen LogP contribution in [0.2, 0.25) is 0 Å². The average Bonchev–Trinajstić information content (AvgIpc) is 2.39. The first-order chi connectivity index (χ1) is 8.48. The maximum Gasteiger partial charge on any atom is 0.391 e. The number of morpholine rings is 1. The topological polar surface area (TPSA) is 38.5 Å². The molecule has 1 aliphatic heterocycles. The van der Waals surface area contributed by atoms with E-state index in [4.69, 9.17) is 10.5 Å². The molecule has 2 rings (SSSR count). The number of ether oxygens (including phenoxy) is 1. The van der Waals surface area contributed by atoms with Crippen molar-refractivity contribution in [2.75, 3.05) is 32.8 Å². The second-order valence-corrected chi connectivity index (χ2v) is 5.36. The van der Waals surface area contributed by atoms with Crippen LogP contribution in [0.3, 0.4) is 0 Å². The molecule has 1 saturated carbocycles. The number of halogens is 3. The number of hydrogen-bond donors (Lipinski definition) is 1. The standard InChI is InChI=1S/C12H21F3N2O/c13-12(14,15)10-2-1-3-11(8-10,9-16)17-4-6-18-7-5-17/h10H,1-9,16H2. The van der Waals surface area contributed by atoms with E-state index in [2.05, 4.69) is 4.90 Å². The predicted molar refractivity (Wildman–Crippen MR) is 62.2 cm³/mol. The molecule has 0 amide bonds. The first kappa shape index (κ1) is 14.1. The van der Waals surface area contributed by atoms with Gasteiger partial charge >= 0.3 is 6.18 Å². The first-order valence-corrected chi connectivity index (χ1v) is 6.57. The second-order valence-electron chi connectivity index (χ2n) is 5.36. The van der Waals surface area contributed by atoms with E-state index in [1.807, 2.05) is 0 Å². The van der Waals surface area contributed by atoms with Gasteiger partial charge in [0, 0.05) is 25.2 Å². The molecular formula is C12H21F3N2O. The van der Waals surface area contributed by atoms with Crippen molar-refractivity contribution in [2.24, 2.45) is 11.7 Å². The number of hydrogen-bond acceptors (Lipinski definition) is 3. The number of alkyl halides is 3. The maximum absolute atomic E-state index is 12.9. The Morgan fingerprint density at radius 2 is 1.94 bits per heavy atom. The molecule has 2 N–H and O–H groups in total. The normalized spacial score (nSPS) is 35.7. The van der Waals surface area contributed by atoms with E-state index >= 15 is 0 Å². The Bertz CT molecular complexity index is 279. The summed E-state index contributed by atoms with van der Waals surface area (Å²) in [6.45, 7) is 2.89. The summed E-state index contributed by atoms with van der Waals surface area (Å²) in [4.78, 5) is 2.12. The average molecular weight is 266 g/mol. The highest BCUT2D eigenvalue weighted by Gasteiger charge is 2.49. The van der Waals surface area contributed by atoms with Crippen molar-refractivity contribution in [2.45, 2.75) is 37.4 Å². The molecule has 0 aromatic heterocycles. The third kappa shape index (κ3) is 2.81. The molecule has 18 heavy (non-hydrogen) atoms. The largest absolute Gasteiger partial charge is 0.391 e. The molecule has 2 aliphatic rings. The molecule has 0 spiro atoms. The molecule has 2 fully saturated rings. The molecule has 2 unspecified atom stereocenters. The summed E-state index contributed by atoms with van der Waals surface area (Å²) in [7, 11) is 0. The van der Waals surface area contributed by atoms with Gasteiger partial charge in [-0.1, -0.05) is 6.42 Å². The number of nitrogens with zero attached hydrogens (tertiary/aromatic N) is 1. The van der Waals surface area contributed by atoms with E-state index in [9.17, 15) is 13.2 Å². The van der Waals surface area contributed by atoms with Gasteiger partial charge in [-0.15, -0.1) is 0 Å². The predicted octanol–water partition coefficient (Wildman–Crippen LogP) is 1.77. The molecule has 3 nitrogen and oxygen atoms in total.